The lowest BCUT2D eigenvalue weighted by molar-refractivity contribution is 0.0551. The van der Waals surface area contributed by atoms with E-state index in [0.29, 0.717) is 24.1 Å². The van der Waals surface area contributed by atoms with Gasteiger partial charge in [-0.05, 0) is 35.7 Å². The van der Waals surface area contributed by atoms with Crippen molar-refractivity contribution < 1.29 is 23.9 Å². The maximum atomic E-state index is 12.8. The van der Waals surface area contributed by atoms with E-state index in [0.717, 1.165) is 5.56 Å². The molecule has 0 atom stereocenters. The molecule has 3 rings (SSSR count). The first-order valence-electron chi connectivity index (χ1n) is 8.22. The third kappa shape index (κ3) is 3.18. The number of ether oxygens (including phenoxy) is 2. The number of amides is 1. The van der Waals surface area contributed by atoms with Gasteiger partial charge in [0.1, 0.15) is 0 Å². The van der Waals surface area contributed by atoms with Crippen LogP contribution < -0.4 is 0 Å². The van der Waals surface area contributed by atoms with E-state index in [1.54, 1.807) is 41.3 Å². The number of nitrogens with zero attached hydrogens (tertiary/aromatic N) is 1. The zero-order chi connectivity index (χ0) is 18.7. The molecule has 1 aliphatic rings. The molecule has 6 heteroatoms. The number of esters is 2. The number of hydrogen-bond acceptors (Lipinski definition) is 5. The van der Waals surface area contributed by atoms with Crippen LogP contribution in [0, 0.1) is 0 Å². The topological polar surface area (TPSA) is 72.9 Å². The molecule has 0 saturated carbocycles. The normalized spacial score (nSPS) is 12.9. The fourth-order valence-electron chi connectivity index (χ4n) is 3.18. The number of fused-ring (bicyclic) bond motifs is 1. The van der Waals surface area contributed by atoms with Gasteiger partial charge in [0.25, 0.3) is 5.91 Å². The van der Waals surface area contributed by atoms with Crippen LogP contribution in [0.4, 0.5) is 0 Å². The average Bonchev–Trinajstić information content (AvgIpc) is 2.71. The van der Waals surface area contributed by atoms with Crippen molar-refractivity contribution in [2.24, 2.45) is 0 Å². The largest absolute Gasteiger partial charge is 0.465 e. The molecule has 0 spiro atoms. The fraction of sp³-hybridized carbons (Fsp3) is 0.250. The number of carbonyl (C=O) groups is 3. The van der Waals surface area contributed by atoms with Crippen molar-refractivity contribution in [2.45, 2.75) is 13.0 Å². The quantitative estimate of drug-likeness (QED) is 0.793. The predicted octanol–water partition coefficient (Wildman–Crippen LogP) is 2.46. The van der Waals surface area contributed by atoms with E-state index in [1.807, 2.05) is 6.07 Å². The number of rotatable bonds is 3. The van der Waals surface area contributed by atoms with Gasteiger partial charge in [0.05, 0.1) is 25.3 Å². The molecule has 1 aliphatic heterocycles. The first kappa shape index (κ1) is 17.7. The molecular formula is C20H19NO5. The van der Waals surface area contributed by atoms with E-state index in [2.05, 4.69) is 0 Å². The second-order valence-corrected chi connectivity index (χ2v) is 5.95. The Morgan fingerprint density at radius 2 is 1.62 bits per heavy atom. The molecule has 0 radical (unpaired) electrons. The molecule has 26 heavy (non-hydrogen) atoms. The Labute approximate surface area is 151 Å². The van der Waals surface area contributed by atoms with Crippen LogP contribution in [-0.2, 0) is 22.4 Å². The molecule has 0 bridgehead atoms. The van der Waals surface area contributed by atoms with Crippen LogP contribution in [0.5, 0.6) is 0 Å². The zero-order valence-electron chi connectivity index (χ0n) is 14.7. The van der Waals surface area contributed by atoms with Gasteiger partial charge < -0.3 is 14.4 Å². The first-order valence-corrected chi connectivity index (χ1v) is 8.22. The molecule has 0 saturated heterocycles. The van der Waals surface area contributed by atoms with Crippen LogP contribution in [0.25, 0.3) is 0 Å². The smallest absolute Gasteiger partial charge is 0.339 e. The van der Waals surface area contributed by atoms with Gasteiger partial charge in [-0.25, -0.2) is 9.59 Å². The molecule has 0 N–H and O–H groups in total. The van der Waals surface area contributed by atoms with Gasteiger partial charge >= 0.3 is 11.9 Å². The Morgan fingerprint density at radius 3 is 2.27 bits per heavy atom. The highest BCUT2D eigenvalue weighted by Crippen LogP contribution is 2.28. The zero-order valence-corrected chi connectivity index (χ0v) is 14.7. The van der Waals surface area contributed by atoms with Crippen LogP contribution in [-0.4, -0.2) is 43.5 Å². The van der Waals surface area contributed by atoms with Crippen LogP contribution in [0.15, 0.2) is 42.5 Å². The summed E-state index contributed by atoms with van der Waals surface area (Å²) >= 11 is 0. The van der Waals surface area contributed by atoms with Gasteiger partial charge in [-0.2, -0.15) is 0 Å². The summed E-state index contributed by atoms with van der Waals surface area (Å²) in [5.41, 5.74) is 2.46. The minimum atomic E-state index is -0.615. The molecule has 2 aromatic rings. The Balaban J connectivity index is 2.02. The van der Waals surface area contributed by atoms with E-state index < -0.39 is 11.9 Å². The number of benzene rings is 2. The van der Waals surface area contributed by atoms with E-state index in [9.17, 15) is 14.4 Å². The van der Waals surface area contributed by atoms with Crippen molar-refractivity contribution in [2.75, 3.05) is 20.8 Å². The monoisotopic (exact) mass is 353 g/mol. The van der Waals surface area contributed by atoms with Crippen LogP contribution in [0.3, 0.4) is 0 Å². The van der Waals surface area contributed by atoms with Gasteiger partial charge in [-0.1, -0.05) is 24.3 Å². The van der Waals surface area contributed by atoms with E-state index in [-0.39, 0.29) is 23.6 Å². The summed E-state index contributed by atoms with van der Waals surface area (Å²) in [5, 5.41) is 0. The van der Waals surface area contributed by atoms with Gasteiger partial charge in [0, 0.05) is 18.7 Å². The average molecular weight is 353 g/mol. The molecule has 6 nitrogen and oxygen atoms in total. The Kier molecular flexibility index (Phi) is 5.02. The van der Waals surface area contributed by atoms with Crippen molar-refractivity contribution in [3.05, 3.63) is 70.3 Å². The van der Waals surface area contributed by atoms with Crippen LogP contribution >= 0.6 is 0 Å². The summed E-state index contributed by atoms with van der Waals surface area (Å²) < 4.78 is 9.65. The van der Waals surface area contributed by atoms with E-state index in [4.69, 9.17) is 9.47 Å². The Bertz CT molecular complexity index is 860. The standard InChI is InChI=1S/C20H19NO5/c1-25-19(23)15-9-8-13-10-11-21(12-16(13)17(15)20(24)26-2)18(22)14-6-4-3-5-7-14/h3-9H,10-12H2,1-2H3. The molecule has 2 aromatic carbocycles. The van der Waals surface area contributed by atoms with Gasteiger partial charge in [-0.3, -0.25) is 4.79 Å². The minimum Gasteiger partial charge on any atom is -0.465 e. The predicted molar refractivity (Wildman–Crippen MR) is 94.0 cm³/mol. The van der Waals surface area contributed by atoms with Gasteiger partial charge in [-0.15, -0.1) is 0 Å². The molecular weight excluding hydrogens is 334 g/mol. The van der Waals surface area contributed by atoms with Crippen LogP contribution in [0.2, 0.25) is 0 Å². The second-order valence-electron chi connectivity index (χ2n) is 5.95. The first-order chi connectivity index (χ1) is 12.6. The number of methoxy groups -OCH3 is 2. The van der Waals surface area contributed by atoms with E-state index >= 15 is 0 Å². The van der Waals surface area contributed by atoms with Gasteiger partial charge in [0.2, 0.25) is 0 Å². The molecule has 0 aromatic heterocycles. The van der Waals surface area contributed by atoms with Crippen molar-refractivity contribution in [3.63, 3.8) is 0 Å². The highest BCUT2D eigenvalue weighted by atomic mass is 16.5. The second kappa shape index (κ2) is 7.39. The highest BCUT2D eigenvalue weighted by molar-refractivity contribution is 6.04. The molecule has 1 amide bonds. The lowest BCUT2D eigenvalue weighted by atomic mass is 9.91. The van der Waals surface area contributed by atoms with Crippen molar-refractivity contribution in [1.82, 2.24) is 4.90 Å². The van der Waals surface area contributed by atoms with Gasteiger partial charge in [0.15, 0.2) is 0 Å². The number of carbonyl (C=O) groups excluding carboxylic acids is 3. The molecule has 134 valence electrons. The summed E-state index contributed by atoms with van der Waals surface area (Å²) in [5.74, 6) is -1.34. The summed E-state index contributed by atoms with van der Waals surface area (Å²) in [4.78, 5) is 38.8. The summed E-state index contributed by atoms with van der Waals surface area (Å²) in [7, 11) is 2.52. The Hall–Kier alpha value is -3.15. The summed E-state index contributed by atoms with van der Waals surface area (Å²) in [6.45, 7) is 0.775. The third-order valence-electron chi connectivity index (χ3n) is 4.51. The highest BCUT2D eigenvalue weighted by Gasteiger charge is 2.30. The van der Waals surface area contributed by atoms with E-state index in [1.165, 1.54) is 14.2 Å². The third-order valence-corrected chi connectivity index (χ3v) is 4.51. The van der Waals surface area contributed by atoms with Crippen molar-refractivity contribution in [1.29, 1.82) is 0 Å². The molecule has 0 fully saturated rings. The minimum absolute atomic E-state index is 0.115. The SMILES string of the molecule is COC(=O)c1ccc2c(c1C(=O)OC)CN(C(=O)c1ccccc1)CC2. The molecule has 1 heterocycles. The van der Waals surface area contributed by atoms with Crippen LogP contribution in [0.1, 0.15) is 42.2 Å². The number of hydrogen-bond donors (Lipinski definition) is 0. The summed E-state index contributed by atoms with van der Waals surface area (Å²) in [6, 6.07) is 12.3. The van der Waals surface area contributed by atoms with Crippen molar-refractivity contribution >= 4 is 17.8 Å². The summed E-state index contributed by atoms with van der Waals surface area (Å²) in [6.07, 6.45) is 0.597. The van der Waals surface area contributed by atoms with Crippen molar-refractivity contribution in [3.8, 4) is 0 Å². The molecule has 0 unspecified atom stereocenters. The maximum absolute atomic E-state index is 12.8. The maximum Gasteiger partial charge on any atom is 0.339 e. The lowest BCUT2D eigenvalue weighted by Gasteiger charge is -2.30. The fourth-order valence-corrected chi connectivity index (χ4v) is 3.18. The Morgan fingerprint density at radius 1 is 0.923 bits per heavy atom. The molecule has 0 aliphatic carbocycles. The lowest BCUT2D eigenvalue weighted by Crippen LogP contribution is -2.37.